The Morgan fingerprint density at radius 3 is 2.29 bits per heavy atom. The molecule has 0 saturated heterocycles. The summed E-state index contributed by atoms with van der Waals surface area (Å²) in [6.45, 7) is 3.68. The van der Waals surface area contributed by atoms with E-state index in [1.807, 2.05) is 49.4 Å². The van der Waals surface area contributed by atoms with Crippen LogP contribution in [0.15, 0.2) is 59.5 Å². The van der Waals surface area contributed by atoms with Crippen molar-refractivity contribution in [3.8, 4) is 16.9 Å². The van der Waals surface area contributed by atoms with E-state index >= 15 is 0 Å². The minimum Gasteiger partial charge on any atom is -0.495 e. The Hall–Kier alpha value is -2.54. The van der Waals surface area contributed by atoms with Crippen molar-refractivity contribution in [1.82, 2.24) is 5.32 Å². The molecule has 162 valence electrons. The maximum absolute atomic E-state index is 13.2. The zero-order valence-corrected chi connectivity index (χ0v) is 19.1. The number of nitrogens with one attached hydrogen (secondary N) is 2. The van der Waals surface area contributed by atoms with Gasteiger partial charge in [0.1, 0.15) is 5.75 Å². The molecular formula is C24H25ClN2O3S. The quantitative estimate of drug-likeness (QED) is 0.578. The standard InChI is InChI=1S/C24H25ClN2O3S/c1-16-13-21(7-8-22(16)17-3-5-20(25)6-4-17)31(28,29)27-23-14-18-9-11-26-12-10-19(18)15-24(23)30-2/h3-8,13-15,26-27H,9-12H2,1-2H3. The van der Waals surface area contributed by atoms with Crippen LogP contribution in [0.5, 0.6) is 5.75 Å². The van der Waals surface area contributed by atoms with Crippen LogP contribution in [-0.2, 0) is 22.9 Å². The fraction of sp³-hybridized carbons (Fsp3) is 0.250. The molecule has 5 nitrogen and oxygen atoms in total. The molecule has 0 atom stereocenters. The van der Waals surface area contributed by atoms with Crippen LogP contribution in [-0.4, -0.2) is 28.6 Å². The number of anilines is 1. The molecule has 1 aliphatic rings. The average Bonchev–Trinajstić information content (AvgIpc) is 2.98. The second kappa shape index (κ2) is 8.91. The van der Waals surface area contributed by atoms with Crippen molar-refractivity contribution in [2.24, 2.45) is 0 Å². The molecule has 0 saturated carbocycles. The third-order valence-electron chi connectivity index (χ3n) is 5.57. The third-order valence-corrected chi connectivity index (χ3v) is 7.19. The summed E-state index contributed by atoms with van der Waals surface area (Å²) in [5, 5.41) is 4.03. The summed E-state index contributed by atoms with van der Waals surface area (Å²) < 4.78 is 34.5. The van der Waals surface area contributed by atoms with Gasteiger partial charge in [0, 0.05) is 5.02 Å². The van der Waals surface area contributed by atoms with Crippen molar-refractivity contribution < 1.29 is 13.2 Å². The van der Waals surface area contributed by atoms with E-state index in [-0.39, 0.29) is 4.90 Å². The highest BCUT2D eigenvalue weighted by Crippen LogP contribution is 2.33. The summed E-state index contributed by atoms with van der Waals surface area (Å²) in [6, 6.07) is 16.5. The molecule has 0 bridgehead atoms. The van der Waals surface area contributed by atoms with Crippen LogP contribution >= 0.6 is 11.6 Å². The van der Waals surface area contributed by atoms with Gasteiger partial charge in [-0.3, -0.25) is 4.72 Å². The molecule has 4 rings (SSSR count). The minimum absolute atomic E-state index is 0.210. The summed E-state index contributed by atoms with van der Waals surface area (Å²) in [6.07, 6.45) is 1.74. The largest absolute Gasteiger partial charge is 0.495 e. The number of benzene rings is 3. The number of hydrogen-bond acceptors (Lipinski definition) is 4. The number of hydrogen-bond donors (Lipinski definition) is 2. The molecule has 1 aliphatic heterocycles. The molecule has 7 heteroatoms. The van der Waals surface area contributed by atoms with E-state index in [1.165, 1.54) is 5.56 Å². The van der Waals surface area contributed by atoms with Crippen LogP contribution in [0, 0.1) is 6.92 Å². The number of sulfonamides is 1. The molecule has 3 aromatic rings. The molecule has 0 aliphatic carbocycles. The Morgan fingerprint density at radius 1 is 0.968 bits per heavy atom. The monoisotopic (exact) mass is 456 g/mol. The topological polar surface area (TPSA) is 67.4 Å². The van der Waals surface area contributed by atoms with Gasteiger partial charge < -0.3 is 10.1 Å². The van der Waals surface area contributed by atoms with E-state index in [4.69, 9.17) is 16.3 Å². The molecule has 3 aromatic carbocycles. The molecule has 0 aromatic heterocycles. The zero-order valence-electron chi connectivity index (χ0n) is 17.5. The number of rotatable bonds is 5. The first-order valence-corrected chi connectivity index (χ1v) is 12.0. The summed E-state index contributed by atoms with van der Waals surface area (Å²) in [7, 11) is -2.22. The summed E-state index contributed by atoms with van der Waals surface area (Å²) >= 11 is 5.98. The van der Waals surface area contributed by atoms with Gasteiger partial charge in [-0.1, -0.05) is 29.8 Å². The van der Waals surface area contributed by atoms with Crippen molar-refractivity contribution in [3.63, 3.8) is 0 Å². The number of fused-ring (bicyclic) bond motifs is 1. The van der Waals surface area contributed by atoms with E-state index in [2.05, 4.69) is 10.0 Å². The average molecular weight is 457 g/mol. The maximum Gasteiger partial charge on any atom is 0.262 e. The fourth-order valence-electron chi connectivity index (χ4n) is 3.91. The van der Waals surface area contributed by atoms with Gasteiger partial charge in [-0.05, 0) is 97.1 Å². The molecule has 0 unspecified atom stereocenters. The first-order valence-electron chi connectivity index (χ1n) is 10.2. The predicted octanol–water partition coefficient (Wildman–Crippen LogP) is 4.81. The van der Waals surface area contributed by atoms with Crippen LogP contribution in [0.25, 0.3) is 11.1 Å². The molecule has 0 amide bonds. The normalized spacial score (nSPS) is 13.9. The van der Waals surface area contributed by atoms with Crippen molar-refractivity contribution >= 4 is 27.3 Å². The third kappa shape index (κ3) is 4.71. The highest BCUT2D eigenvalue weighted by molar-refractivity contribution is 7.92. The fourth-order valence-corrected chi connectivity index (χ4v) is 5.18. The Morgan fingerprint density at radius 2 is 1.65 bits per heavy atom. The lowest BCUT2D eigenvalue weighted by Crippen LogP contribution is -2.16. The lowest BCUT2D eigenvalue weighted by atomic mass is 10.0. The van der Waals surface area contributed by atoms with E-state index in [9.17, 15) is 8.42 Å². The molecule has 0 spiro atoms. The number of halogens is 1. The maximum atomic E-state index is 13.2. The van der Waals surface area contributed by atoms with Gasteiger partial charge in [-0.2, -0.15) is 0 Å². The van der Waals surface area contributed by atoms with Crippen LogP contribution in [0.1, 0.15) is 16.7 Å². The lowest BCUT2D eigenvalue weighted by Gasteiger charge is -2.16. The first kappa shape index (κ1) is 21.7. The van der Waals surface area contributed by atoms with Gasteiger partial charge in [0.25, 0.3) is 10.0 Å². The Labute approximate surface area is 188 Å². The van der Waals surface area contributed by atoms with Crippen LogP contribution in [0.4, 0.5) is 5.69 Å². The predicted molar refractivity (Wildman–Crippen MR) is 126 cm³/mol. The van der Waals surface area contributed by atoms with E-state index in [1.54, 1.807) is 19.2 Å². The summed E-state index contributed by atoms with van der Waals surface area (Å²) in [5.41, 5.74) is 5.60. The van der Waals surface area contributed by atoms with Crippen molar-refractivity contribution in [2.75, 3.05) is 24.9 Å². The van der Waals surface area contributed by atoms with Crippen LogP contribution in [0.2, 0.25) is 5.02 Å². The van der Waals surface area contributed by atoms with E-state index < -0.39 is 10.0 Å². The SMILES string of the molecule is COc1cc2c(cc1NS(=O)(=O)c1ccc(-c3ccc(Cl)cc3)c(C)c1)CCNCC2. The Bertz CT molecular complexity index is 1210. The van der Waals surface area contributed by atoms with Gasteiger partial charge in [0.15, 0.2) is 0 Å². The minimum atomic E-state index is -3.78. The Balaban J connectivity index is 1.65. The van der Waals surface area contributed by atoms with Crippen molar-refractivity contribution in [2.45, 2.75) is 24.7 Å². The summed E-state index contributed by atoms with van der Waals surface area (Å²) in [5.74, 6) is 0.527. The van der Waals surface area contributed by atoms with Crippen molar-refractivity contribution in [1.29, 1.82) is 0 Å². The second-order valence-electron chi connectivity index (χ2n) is 7.66. The van der Waals surface area contributed by atoms with Gasteiger partial charge in [-0.15, -0.1) is 0 Å². The van der Waals surface area contributed by atoms with E-state index in [0.29, 0.717) is 16.5 Å². The van der Waals surface area contributed by atoms with Crippen LogP contribution in [0.3, 0.4) is 0 Å². The smallest absolute Gasteiger partial charge is 0.262 e. The van der Waals surface area contributed by atoms with Gasteiger partial charge in [0.05, 0.1) is 17.7 Å². The number of aryl methyl sites for hydroxylation is 1. The number of ether oxygens (including phenoxy) is 1. The molecular weight excluding hydrogens is 432 g/mol. The second-order valence-corrected chi connectivity index (χ2v) is 9.78. The van der Waals surface area contributed by atoms with Gasteiger partial charge in [-0.25, -0.2) is 8.42 Å². The van der Waals surface area contributed by atoms with Crippen LogP contribution < -0.4 is 14.8 Å². The van der Waals surface area contributed by atoms with Gasteiger partial charge in [0.2, 0.25) is 0 Å². The highest BCUT2D eigenvalue weighted by atomic mass is 35.5. The summed E-state index contributed by atoms with van der Waals surface area (Å²) in [4.78, 5) is 0.210. The zero-order chi connectivity index (χ0) is 22.0. The molecule has 0 fully saturated rings. The number of methoxy groups -OCH3 is 1. The molecule has 31 heavy (non-hydrogen) atoms. The molecule has 0 radical (unpaired) electrons. The molecule has 1 heterocycles. The lowest BCUT2D eigenvalue weighted by molar-refractivity contribution is 0.416. The Kier molecular flexibility index (Phi) is 6.23. The molecule has 2 N–H and O–H groups in total. The van der Waals surface area contributed by atoms with E-state index in [0.717, 1.165) is 48.2 Å². The first-order chi connectivity index (χ1) is 14.9. The van der Waals surface area contributed by atoms with Gasteiger partial charge >= 0.3 is 0 Å². The highest BCUT2D eigenvalue weighted by Gasteiger charge is 2.20. The van der Waals surface area contributed by atoms with Crippen molar-refractivity contribution in [3.05, 3.63) is 76.3 Å².